The lowest BCUT2D eigenvalue weighted by molar-refractivity contribution is -0.355. The molecule has 0 unspecified atom stereocenters. The number of aryl methyl sites for hydroxylation is 2. The van der Waals surface area contributed by atoms with Gasteiger partial charge >= 0.3 is 0 Å². The maximum atomic E-state index is 5.42. The number of methoxy groups -OCH3 is 6. The Balaban J connectivity index is 1.47. The first-order valence-corrected chi connectivity index (χ1v) is 17.7. The van der Waals surface area contributed by atoms with Crippen LogP contribution < -0.4 is 0 Å². The maximum absolute atomic E-state index is 5.42. The summed E-state index contributed by atoms with van der Waals surface area (Å²) in [5, 5.41) is 5.54. The van der Waals surface area contributed by atoms with Crippen molar-refractivity contribution in [2.75, 3.05) is 42.7 Å². The number of rotatable bonds is 26. The molecule has 258 valence electrons. The summed E-state index contributed by atoms with van der Waals surface area (Å²) in [6, 6.07) is 18.3. The predicted octanol–water partition coefficient (Wildman–Crippen LogP) is 10.5. The lowest BCUT2D eigenvalue weighted by Gasteiger charge is -2.28. The van der Waals surface area contributed by atoms with E-state index in [4.69, 9.17) is 28.4 Å². The SMILES string of the molecule is COC(CCCCCCCCCc1ccc2c(ccc3ccccc32)c1CCCCCCCCCC(OC)(OC)OC)(OC)OC. The van der Waals surface area contributed by atoms with E-state index in [-0.39, 0.29) is 0 Å². The second-order valence-corrected chi connectivity index (χ2v) is 12.6. The van der Waals surface area contributed by atoms with Crippen molar-refractivity contribution in [1.29, 1.82) is 0 Å². The number of fused-ring (bicyclic) bond motifs is 3. The zero-order valence-corrected chi connectivity index (χ0v) is 29.8. The summed E-state index contributed by atoms with van der Waals surface area (Å²) in [4.78, 5) is 0. The average molecular weight is 639 g/mol. The fourth-order valence-corrected chi connectivity index (χ4v) is 6.91. The van der Waals surface area contributed by atoms with Gasteiger partial charge in [-0.1, -0.05) is 113 Å². The molecule has 6 nitrogen and oxygen atoms in total. The van der Waals surface area contributed by atoms with E-state index >= 15 is 0 Å². The molecule has 0 amide bonds. The molecule has 0 atom stereocenters. The fraction of sp³-hybridized carbons (Fsp3) is 0.650. The normalized spacial score (nSPS) is 12.5. The van der Waals surface area contributed by atoms with Crippen molar-refractivity contribution in [3.63, 3.8) is 0 Å². The number of unbranched alkanes of at least 4 members (excludes halogenated alkanes) is 12. The molecule has 0 aliphatic rings. The lowest BCUT2D eigenvalue weighted by Crippen LogP contribution is -2.35. The molecule has 0 spiro atoms. The van der Waals surface area contributed by atoms with Crippen LogP contribution in [-0.4, -0.2) is 54.6 Å². The van der Waals surface area contributed by atoms with E-state index in [9.17, 15) is 0 Å². The Bertz CT molecular complexity index is 1230. The van der Waals surface area contributed by atoms with Gasteiger partial charge in [0.25, 0.3) is 11.9 Å². The Morgan fingerprint density at radius 3 is 1.35 bits per heavy atom. The summed E-state index contributed by atoms with van der Waals surface area (Å²) in [5.41, 5.74) is 3.13. The first-order chi connectivity index (χ1) is 22.5. The van der Waals surface area contributed by atoms with Crippen LogP contribution in [0.15, 0.2) is 48.5 Å². The Morgan fingerprint density at radius 2 is 0.826 bits per heavy atom. The van der Waals surface area contributed by atoms with Gasteiger partial charge in [-0.05, 0) is 71.2 Å². The largest absolute Gasteiger partial charge is 0.331 e. The molecule has 6 heteroatoms. The molecule has 0 saturated carbocycles. The molecule has 3 aromatic carbocycles. The third kappa shape index (κ3) is 11.3. The quantitative estimate of drug-likeness (QED) is 0.0495. The zero-order valence-electron chi connectivity index (χ0n) is 29.8. The van der Waals surface area contributed by atoms with Crippen LogP contribution in [0.5, 0.6) is 0 Å². The number of ether oxygens (including phenoxy) is 6. The van der Waals surface area contributed by atoms with Gasteiger partial charge in [0, 0.05) is 55.5 Å². The molecule has 0 aliphatic heterocycles. The first kappa shape index (κ1) is 38.4. The molecular weight excluding hydrogens is 576 g/mol. The van der Waals surface area contributed by atoms with Gasteiger partial charge in [-0.25, -0.2) is 0 Å². The third-order valence-corrected chi connectivity index (χ3v) is 9.84. The third-order valence-electron chi connectivity index (χ3n) is 9.84. The van der Waals surface area contributed by atoms with Crippen LogP contribution in [0, 0.1) is 0 Å². The van der Waals surface area contributed by atoms with Crippen molar-refractivity contribution in [1.82, 2.24) is 0 Å². The highest BCUT2D eigenvalue weighted by Crippen LogP contribution is 2.32. The van der Waals surface area contributed by atoms with Gasteiger partial charge in [0.1, 0.15) is 0 Å². The van der Waals surface area contributed by atoms with Gasteiger partial charge in [0.2, 0.25) is 0 Å². The van der Waals surface area contributed by atoms with Gasteiger partial charge in [-0.15, -0.1) is 0 Å². The standard InChI is InChI=1S/C40H62O6/c1-41-39(42-2,43-3)31-21-15-11-7-9-13-17-23-33-27-29-38-36-26-20-19-24-34(36)28-30-37(38)35(33)25-18-14-10-8-12-16-22-32-40(44-4,45-5)46-6/h19-20,24,26-30H,7-18,21-23,25,31-32H2,1-6H3. The number of benzene rings is 3. The Labute approximate surface area is 279 Å². The summed E-state index contributed by atoms with van der Waals surface area (Å²) in [6.07, 6.45) is 21.0. The highest BCUT2D eigenvalue weighted by atomic mass is 16.9. The highest BCUT2D eigenvalue weighted by Gasteiger charge is 2.29. The maximum Gasteiger partial charge on any atom is 0.282 e. The minimum absolute atomic E-state index is 0.758. The Hall–Kier alpha value is -2.06. The van der Waals surface area contributed by atoms with Crippen molar-refractivity contribution in [2.24, 2.45) is 0 Å². The molecule has 0 fully saturated rings. The summed E-state index contributed by atoms with van der Waals surface area (Å²) in [6.45, 7) is 0. The van der Waals surface area contributed by atoms with E-state index in [1.54, 1.807) is 53.8 Å². The van der Waals surface area contributed by atoms with Crippen LogP contribution in [0.3, 0.4) is 0 Å². The summed E-state index contributed by atoms with van der Waals surface area (Å²) in [5.74, 6) is -1.79. The number of hydrogen-bond donors (Lipinski definition) is 0. The van der Waals surface area contributed by atoms with Crippen molar-refractivity contribution in [2.45, 2.75) is 128 Å². The van der Waals surface area contributed by atoms with Gasteiger partial charge in [-0.2, -0.15) is 0 Å². The zero-order chi connectivity index (χ0) is 33.1. The van der Waals surface area contributed by atoms with Crippen molar-refractivity contribution < 1.29 is 28.4 Å². The molecule has 0 aliphatic carbocycles. The van der Waals surface area contributed by atoms with Crippen LogP contribution >= 0.6 is 0 Å². The fourth-order valence-electron chi connectivity index (χ4n) is 6.91. The van der Waals surface area contributed by atoms with Crippen LogP contribution in [0.1, 0.15) is 114 Å². The predicted molar refractivity (Wildman–Crippen MR) is 190 cm³/mol. The van der Waals surface area contributed by atoms with Crippen LogP contribution in [0.4, 0.5) is 0 Å². The summed E-state index contributed by atoms with van der Waals surface area (Å²) >= 11 is 0. The first-order valence-electron chi connectivity index (χ1n) is 17.7. The molecule has 46 heavy (non-hydrogen) atoms. The Morgan fingerprint density at radius 1 is 0.391 bits per heavy atom. The molecule has 0 bridgehead atoms. The highest BCUT2D eigenvalue weighted by molar-refractivity contribution is 6.08. The van der Waals surface area contributed by atoms with E-state index in [2.05, 4.69) is 48.5 Å². The van der Waals surface area contributed by atoms with Gasteiger partial charge in [-0.3, -0.25) is 0 Å². The smallest absolute Gasteiger partial charge is 0.282 e. The topological polar surface area (TPSA) is 55.4 Å². The van der Waals surface area contributed by atoms with Gasteiger partial charge < -0.3 is 28.4 Å². The Kier molecular flexibility index (Phi) is 17.5. The second kappa shape index (κ2) is 21.0. The molecule has 3 rings (SSSR count). The molecule has 3 aromatic rings. The monoisotopic (exact) mass is 638 g/mol. The van der Waals surface area contributed by atoms with Crippen LogP contribution in [0.2, 0.25) is 0 Å². The van der Waals surface area contributed by atoms with E-state index in [1.165, 1.54) is 105 Å². The molecule has 0 aromatic heterocycles. The minimum Gasteiger partial charge on any atom is -0.331 e. The van der Waals surface area contributed by atoms with Crippen molar-refractivity contribution >= 4 is 21.5 Å². The lowest BCUT2D eigenvalue weighted by atomic mass is 9.89. The van der Waals surface area contributed by atoms with Crippen molar-refractivity contribution in [3.05, 3.63) is 59.7 Å². The molecule has 0 N–H and O–H groups in total. The van der Waals surface area contributed by atoms with Crippen molar-refractivity contribution in [3.8, 4) is 0 Å². The second-order valence-electron chi connectivity index (χ2n) is 12.6. The average Bonchev–Trinajstić information content (AvgIpc) is 3.10. The minimum atomic E-state index is -0.894. The molecule has 0 saturated heterocycles. The van der Waals surface area contributed by atoms with E-state index in [0.29, 0.717) is 0 Å². The van der Waals surface area contributed by atoms with E-state index < -0.39 is 11.9 Å². The van der Waals surface area contributed by atoms with Crippen LogP contribution in [-0.2, 0) is 41.3 Å². The van der Waals surface area contributed by atoms with Gasteiger partial charge in [0.15, 0.2) is 0 Å². The summed E-state index contributed by atoms with van der Waals surface area (Å²) in [7, 11) is 9.83. The van der Waals surface area contributed by atoms with Gasteiger partial charge in [0.05, 0.1) is 0 Å². The molecular formula is C40H62O6. The molecule has 0 heterocycles. The molecule has 0 radical (unpaired) electrons. The summed E-state index contributed by atoms with van der Waals surface area (Å²) < 4.78 is 32.5. The van der Waals surface area contributed by atoms with E-state index in [1.807, 2.05) is 0 Å². The van der Waals surface area contributed by atoms with E-state index in [0.717, 1.165) is 32.1 Å². The van der Waals surface area contributed by atoms with Crippen LogP contribution in [0.25, 0.3) is 21.5 Å². The number of hydrogen-bond acceptors (Lipinski definition) is 6.